The Labute approximate surface area is 76.1 Å². The van der Waals surface area contributed by atoms with E-state index < -0.39 is 9.71 Å². The lowest BCUT2D eigenvalue weighted by Crippen LogP contribution is -2.47. The van der Waals surface area contributed by atoms with Crippen LogP contribution in [0.2, 0.25) is 0 Å². The van der Waals surface area contributed by atoms with Gasteiger partial charge in [-0.2, -0.15) is 0 Å². The first kappa shape index (κ1) is 10.1. The van der Waals surface area contributed by atoms with Gasteiger partial charge in [0, 0.05) is 27.5 Å². The van der Waals surface area contributed by atoms with E-state index in [4.69, 9.17) is 0 Å². The molecule has 1 fully saturated rings. The molecule has 1 aliphatic rings. The van der Waals surface area contributed by atoms with Gasteiger partial charge in [0.2, 0.25) is 0 Å². The maximum atomic E-state index is 12.0. The largest absolute Gasteiger partial charge is 0.253 e. The SMILES string of the molecule is C=S1(=O)CCC[C@H](C)N1C(C)C. The molecule has 1 saturated heterocycles. The van der Waals surface area contributed by atoms with Crippen molar-refractivity contribution in [2.24, 2.45) is 0 Å². The van der Waals surface area contributed by atoms with Crippen molar-refractivity contribution in [3.8, 4) is 0 Å². The average molecular weight is 189 g/mol. The molecule has 3 heteroatoms. The van der Waals surface area contributed by atoms with E-state index in [-0.39, 0.29) is 0 Å². The highest BCUT2D eigenvalue weighted by Gasteiger charge is 2.28. The highest BCUT2D eigenvalue weighted by molar-refractivity contribution is 7.98. The summed E-state index contributed by atoms with van der Waals surface area (Å²) in [5.41, 5.74) is 0. The molecular weight excluding hydrogens is 170 g/mol. The Morgan fingerprint density at radius 1 is 1.58 bits per heavy atom. The van der Waals surface area contributed by atoms with Crippen LogP contribution < -0.4 is 0 Å². The zero-order valence-corrected chi connectivity index (χ0v) is 9.06. The first-order chi connectivity index (χ1) is 5.45. The summed E-state index contributed by atoms with van der Waals surface area (Å²) in [6.07, 6.45) is 2.22. The Balaban J connectivity index is 2.89. The van der Waals surface area contributed by atoms with Crippen LogP contribution in [-0.2, 0) is 9.71 Å². The minimum absolute atomic E-state index is 0.352. The van der Waals surface area contributed by atoms with Gasteiger partial charge in [0.25, 0.3) is 0 Å². The van der Waals surface area contributed by atoms with Crippen molar-refractivity contribution in [3.05, 3.63) is 0 Å². The van der Waals surface area contributed by atoms with E-state index >= 15 is 0 Å². The van der Waals surface area contributed by atoms with Crippen LogP contribution in [0.1, 0.15) is 33.6 Å². The van der Waals surface area contributed by atoms with Crippen molar-refractivity contribution in [3.63, 3.8) is 0 Å². The van der Waals surface area contributed by atoms with Crippen molar-refractivity contribution in [2.45, 2.75) is 45.7 Å². The third kappa shape index (κ3) is 1.83. The summed E-state index contributed by atoms with van der Waals surface area (Å²) in [6, 6.07) is 0.786. The van der Waals surface area contributed by atoms with Crippen LogP contribution in [0.4, 0.5) is 0 Å². The predicted octanol–water partition coefficient (Wildman–Crippen LogP) is 1.51. The van der Waals surface area contributed by atoms with Gasteiger partial charge in [0.05, 0.1) is 0 Å². The van der Waals surface area contributed by atoms with Gasteiger partial charge in [-0.15, -0.1) is 0 Å². The summed E-state index contributed by atoms with van der Waals surface area (Å²) in [4.78, 5) is 0. The van der Waals surface area contributed by atoms with Crippen LogP contribution in [-0.4, -0.2) is 32.2 Å². The molecule has 0 N–H and O–H groups in total. The van der Waals surface area contributed by atoms with Crippen LogP contribution in [0.15, 0.2) is 0 Å². The summed E-state index contributed by atoms with van der Waals surface area (Å²) < 4.78 is 14.1. The fraction of sp³-hybridized carbons (Fsp3) is 0.889. The van der Waals surface area contributed by atoms with Crippen LogP contribution in [0, 0.1) is 0 Å². The van der Waals surface area contributed by atoms with E-state index in [0.717, 1.165) is 18.6 Å². The smallest absolute Gasteiger partial charge is 0.0292 e. The van der Waals surface area contributed by atoms with Gasteiger partial charge < -0.3 is 0 Å². The lowest BCUT2D eigenvalue weighted by molar-refractivity contribution is 0.275. The molecule has 2 atom stereocenters. The molecule has 12 heavy (non-hydrogen) atoms. The summed E-state index contributed by atoms with van der Waals surface area (Å²) >= 11 is 0. The van der Waals surface area contributed by atoms with E-state index in [1.54, 1.807) is 0 Å². The molecule has 0 amide bonds. The zero-order valence-electron chi connectivity index (χ0n) is 8.25. The first-order valence-electron chi connectivity index (χ1n) is 4.58. The van der Waals surface area contributed by atoms with E-state index in [9.17, 15) is 4.21 Å². The van der Waals surface area contributed by atoms with Gasteiger partial charge in [-0.1, -0.05) is 0 Å². The summed E-state index contributed by atoms with van der Waals surface area (Å²) in [5.74, 6) is 4.61. The van der Waals surface area contributed by atoms with Gasteiger partial charge >= 0.3 is 0 Å². The average Bonchev–Trinajstić information content (AvgIpc) is 1.82. The second-order valence-corrected chi connectivity index (χ2v) is 6.30. The van der Waals surface area contributed by atoms with Crippen LogP contribution in [0.25, 0.3) is 0 Å². The minimum atomic E-state index is -1.94. The molecule has 0 aromatic rings. The molecule has 0 aromatic carbocycles. The van der Waals surface area contributed by atoms with Gasteiger partial charge in [0.15, 0.2) is 0 Å². The summed E-state index contributed by atoms with van der Waals surface area (Å²) in [7, 11) is -1.94. The second-order valence-electron chi connectivity index (χ2n) is 3.92. The molecular formula is C9H19NOS. The molecule has 1 aliphatic heterocycles. The molecule has 2 nitrogen and oxygen atoms in total. The molecule has 0 saturated carbocycles. The Morgan fingerprint density at radius 3 is 2.50 bits per heavy atom. The molecule has 0 radical (unpaired) electrons. The minimum Gasteiger partial charge on any atom is -0.253 e. The van der Waals surface area contributed by atoms with Crippen LogP contribution in [0.3, 0.4) is 0 Å². The van der Waals surface area contributed by atoms with Gasteiger partial charge in [0.1, 0.15) is 0 Å². The molecule has 1 rings (SSSR count). The third-order valence-electron chi connectivity index (χ3n) is 2.41. The number of hydrogen-bond acceptors (Lipinski definition) is 1. The molecule has 0 aliphatic carbocycles. The standard InChI is InChI=1S/C9H19NOS/c1-8(2)10-9(3)6-5-7-12(10,4)11/h8-9H,4-7H2,1-3H3/t9-,12?/m0/s1. The number of hydrogen-bond donors (Lipinski definition) is 0. The van der Waals surface area contributed by atoms with Crippen molar-refractivity contribution < 1.29 is 4.21 Å². The summed E-state index contributed by atoms with van der Waals surface area (Å²) in [6.45, 7) is 6.32. The number of nitrogens with zero attached hydrogens (tertiary/aromatic N) is 1. The molecule has 0 bridgehead atoms. The van der Waals surface area contributed by atoms with E-state index in [2.05, 4.69) is 30.9 Å². The molecule has 0 aromatic heterocycles. The monoisotopic (exact) mass is 189 g/mol. The van der Waals surface area contributed by atoms with Gasteiger partial charge in [-0.05, 0) is 39.5 Å². The lowest BCUT2D eigenvalue weighted by Gasteiger charge is -2.39. The fourth-order valence-corrected chi connectivity index (χ4v) is 4.42. The highest BCUT2D eigenvalue weighted by Crippen LogP contribution is 2.22. The molecule has 72 valence electrons. The molecule has 1 heterocycles. The zero-order chi connectivity index (χ0) is 9.35. The van der Waals surface area contributed by atoms with E-state index in [1.165, 1.54) is 0 Å². The normalized spacial score (nSPS) is 38.8. The van der Waals surface area contributed by atoms with E-state index in [0.29, 0.717) is 12.1 Å². The van der Waals surface area contributed by atoms with Crippen molar-refractivity contribution in [1.29, 1.82) is 0 Å². The van der Waals surface area contributed by atoms with E-state index in [1.807, 2.05) is 0 Å². The Bertz CT molecular complexity index is 243. The van der Waals surface area contributed by atoms with Crippen molar-refractivity contribution in [1.82, 2.24) is 4.31 Å². The van der Waals surface area contributed by atoms with Gasteiger partial charge in [-0.3, -0.25) is 4.21 Å². The highest BCUT2D eigenvalue weighted by atomic mass is 32.2. The Kier molecular flexibility index (Phi) is 2.84. The first-order valence-corrected chi connectivity index (χ1v) is 6.44. The quantitative estimate of drug-likeness (QED) is 0.573. The fourth-order valence-electron chi connectivity index (χ4n) is 2.06. The van der Waals surface area contributed by atoms with Crippen LogP contribution >= 0.6 is 0 Å². The van der Waals surface area contributed by atoms with Crippen molar-refractivity contribution >= 4 is 15.6 Å². The van der Waals surface area contributed by atoms with Crippen molar-refractivity contribution in [2.75, 3.05) is 5.75 Å². The summed E-state index contributed by atoms with van der Waals surface area (Å²) in [5, 5.41) is 0. The second kappa shape index (κ2) is 3.38. The van der Waals surface area contributed by atoms with Gasteiger partial charge in [-0.25, -0.2) is 4.31 Å². The molecule has 0 spiro atoms. The maximum absolute atomic E-state index is 12.0. The van der Waals surface area contributed by atoms with Crippen LogP contribution in [0.5, 0.6) is 0 Å². The number of rotatable bonds is 1. The Hall–Kier alpha value is -0.0200. The lowest BCUT2D eigenvalue weighted by atomic mass is 10.2. The topological polar surface area (TPSA) is 20.3 Å². The molecule has 1 unspecified atom stereocenters. The Morgan fingerprint density at radius 2 is 2.17 bits per heavy atom. The predicted molar refractivity (Wildman–Crippen MR) is 55.8 cm³/mol. The third-order valence-corrected chi connectivity index (χ3v) is 4.89. The maximum Gasteiger partial charge on any atom is 0.0292 e.